The molecule has 0 saturated heterocycles. The summed E-state index contributed by atoms with van der Waals surface area (Å²) in [6.45, 7) is 1.90. The summed E-state index contributed by atoms with van der Waals surface area (Å²) in [7, 11) is 1.58. The molecule has 0 aliphatic carbocycles. The maximum atomic E-state index is 10.5. The zero-order valence-corrected chi connectivity index (χ0v) is 10.7. The van der Waals surface area contributed by atoms with Crippen LogP contribution in [0.4, 0.5) is 0 Å². The topological polar surface area (TPSA) is 52.1 Å². The molecule has 0 fully saturated rings. The lowest BCUT2D eigenvalue weighted by molar-refractivity contribution is 0.111. The quantitative estimate of drug-likeness (QED) is 0.798. The lowest BCUT2D eigenvalue weighted by Gasteiger charge is -2.10. The molecule has 0 N–H and O–H groups in total. The van der Waals surface area contributed by atoms with E-state index in [4.69, 9.17) is 16.3 Å². The summed E-state index contributed by atoms with van der Waals surface area (Å²) in [5.74, 6) is 0.671. The average Bonchev–Trinajstić information content (AvgIpc) is 2.41. The molecule has 0 radical (unpaired) electrons. The maximum Gasteiger partial charge on any atom is 0.170 e. The Balaban J connectivity index is 2.54. The number of rotatable bonds is 3. The van der Waals surface area contributed by atoms with E-state index < -0.39 is 0 Å². The van der Waals surface area contributed by atoms with Crippen molar-refractivity contribution in [3.8, 4) is 17.0 Å². The van der Waals surface area contributed by atoms with Crippen LogP contribution in [0.3, 0.4) is 0 Å². The summed E-state index contributed by atoms with van der Waals surface area (Å²) < 4.78 is 5.30. The molecule has 1 heterocycles. The Morgan fingerprint density at radius 2 is 2.06 bits per heavy atom. The fraction of sp³-hybridized carbons (Fsp3) is 0.154. The normalized spacial score (nSPS) is 10.2. The molecule has 0 aliphatic heterocycles. The molecule has 0 saturated carbocycles. The molecule has 0 atom stereocenters. The van der Waals surface area contributed by atoms with Crippen molar-refractivity contribution >= 4 is 17.9 Å². The largest absolute Gasteiger partial charge is 0.496 e. The highest BCUT2D eigenvalue weighted by Gasteiger charge is 2.10. The summed E-state index contributed by atoms with van der Waals surface area (Å²) in [5, 5.41) is 8.40. The standard InChI is InChI=1S/C13H11ClN2O2/c1-8-5-13(18-2)10(6-11(8)14)12-4-3-9(7-17)15-16-12/h3-7H,1-2H3. The van der Waals surface area contributed by atoms with E-state index in [0.29, 0.717) is 22.8 Å². The van der Waals surface area contributed by atoms with Crippen molar-refractivity contribution < 1.29 is 9.53 Å². The smallest absolute Gasteiger partial charge is 0.170 e. The summed E-state index contributed by atoms with van der Waals surface area (Å²) in [6, 6.07) is 6.93. The van der Waals surface area contributed by atoms with Crippen molar-refractivity contribution in [2.24, 2.45) is 0 Å². The molecular formula is C13H11ClN2O2. The van der Waals surface area contributed by atoms with Crippen LogP contribution in [0, 0.1) is 6.92 Å². The number of benzene rings is 1. The number of hydrogen-bond acceptors (Lipinski definition) is 4. The van der Waals surface area contributed by atoms with Crippen LogP contribution in [0.5, 0.6) is 5.75 Å². The van der Waals surface area contributed by atoms with E-state index in [1.54, 1.807) is 25.3 Å². The molecule has 0 aliphatic rings. The second-order valence-corrected chi connectivity index (χ2v) is 4.17. The van der Waals surface area contributed by atoms with Gasteiger partial charge in [-0.05, 0) is 36.8 Å². The van der Waals surface area contributed by atoms with Gasteiger partial charge in [-0.15, -0.1) is 10.2 Å². The van der Waals surface area contributed by atoms with Crippen molar-refractivity contribution in [3.05, 3.63) is 40.5 Å². The van der Waals surface area contributed by atoms with Crippen LogP contribution >= 0.6 is 11.6 Å². The molecule has 0 amide bonds. The van der Waals surface area contributed by atoms with Crippen molar-refractivity contribution in [1.29, 1.82) is 0 Å². The highest BCUT2D eigenvalue weighted by molar-refractivity contribution is 6.31. The SMILES string of the molecule is COc1cc(C)c(Cl)cc1-c1ccc(C=O)nn1. The van der Waals surface area contributed by atoms with E-state index in [0.717, 1.165) is 11.1 Å². The van der Waals surface area contributed by atoms with Gasteiger partial charge in [-0.1, -0.05) is 11.6 Å². The summed E-state index contributed by atoms with van der Waals surface area (Å²) in [5.41, 5.74) is 2.57. The number of carbonyl (C=O) groups excluding carboxylic acids is 1. The zero-order valence-electron chi connectivity index (χ0n) is 9.98. The van der Waals surface area contributed by atoms with Gasteiger partial charge in [0.15, 0.2) is 6.29 Å². The summed E-state index contributed by atoms with van der Waals surface area (Å²) in [6.07, 6.45) is 0.649. The second kappa shape index (κ2) is 5.14. The molecule has 0 bridgehead atoms. The Bertz CT molecular complexity index is 582. The molecule has 2 rings (SSSR count). The van der Waals surface area contributed by atoms with E-state index in [-0.39, 0.29) is 5.69 Å². The van der Waals surface area contributed by atoms with Gasteiger partial charge in [0, 0.05) is 10.6 Å². The number of halogens is 1. The zero-order chi connectivity index (χ0) is 13.1. The molecule has 2 aromatic rings. The number of hydrogen-bond donors (Lipinski definition) is 0. The van der Waals surface area contributed by atoms with E-state index >= 15 is 0 Å². The Kier molecular flexibility index (Phi) is 3.58. The van der Waals surface area contributed by atoms with Gasteiger partial charge in [0.25, 0.3) is 0 Å². The van der Waals surface area contributed by atoms with Crippen molar-refractivity contribution in [3.63, 3.8) is 0 Å². The lowest BCUT2D eigenvalue weighted by atomic mass is 10.1. The molecule has 5 heteroatoms. The molecule has 18 heavy (non-hydrogen) atoms. The minimum absolute atomic E-state index is 0.288. The van der Waals surface area contributed by atoms with Gasteiger partial charge in [0.05, 0.1) is 12.8 Å². The van der Waals surface area contributed by atoms with Crippen LogP contribution in [-0.4, -0.2) is 23.6 Å². The van der Waals surface area contributed by atoms with Crippen LogP contribution in [-0.2, 0) is 0 Å². The minimum Gasteiger partial charge on any atom is -0.496 e. The average molecular weight is 263 g/mol. The van der Waals surface area contributed by atoms with Gasteiger partial charge in [-0.25, -0.2) is 0 Å². The fourth-order valence-electron chi connectivity index (χ4n) is 1.57. The summed E-state index contributed by atoms with van der Waals surface area (Å²) >= 11 is 6.09. The maximum absolute atomic E-state index is 10.5. The fourth-order valence-corrected chi connectivity index (χ4v) is 1.74. The predicted octanol–water partition coefficient (Wildman–Crippen LogP) is 2.93. The van der Waals surface area contributed by atoms with E-state index in [2.05, 4.69) is 10.2 Å². The second-order valence-electron chi connectivity index (χ2n) is 3.76. The molecule has 1 aromatic carbocycles. The highest BCUT2D eigenvalue weighted by atomic mass is 35.5. The number of carbonyl (C=O) groups is 1. The lowest BCUT2D eigenvalue weighted by Crippen LogP contribution is -1.95. The molecule has 4 nitrogen and oxygen atoms in total. The van der Waals surface area contributed by atoms with Gasteiger partial charge in [-0.3, -0.25) is 4.79 Å². The van der Waals surface area contributed by atoms with E-state index in [1.807, 2.05) is 13.0 Å². The van der Waals surface area contributed by atoms with Gasteiger partial charge >= 0.3 is 0 Å². The first-order valence-electron chi connectivity index (χ1n) is 5.29. The van der Waals surface area contributed by atoms with Crippen molar-refractivity contribution in [2.75, 3.05) is 7.11 Å². The van der Waals surface area contributed by atoms with Crippen LogP contribution < -0.4 is 4.74 Å². The first-order chi connectivity index (χ1) is 8.65. The third-order valence-electron chi connectivity index (χ3n) is 2.56. The molecule has 92 valence electrons. The van der Waals surface area contributed by atoms with Gasteiger partial charge in [-0.2, -0.15) is 0 Å². The van der Waals surface area contributed by atoms with Crippen LogP contribution in [0.15, 0.2) is 24.3 Å². The Morgan fingerprint density at radius 3 is 2.61 bits per heavy atom. The van der Waals surface area contributed by atoms with Crippen LogP contribution in [0.2, 0.25) is 5.02 Å². The number of aryl methyl sites for hydroxylation is 1. The predicted molar refractivity (Wildman–Crippen MR) is 69.2 cm³/mol. The number of aromatic nitrogens is 2. The number of methoxy groups -OCH3 is 1. The van der Waals surface area contributed by atoms with Crippen LogP contribution in [0.1, 0.15) is 16.1 Å². The highest BCUT2D eigenvalue weighted by Crippen LogP contribution is 2.33. The van der Waals surface area contributed by atoms with Gasteiger partial charge in [0.1, 0.15) is 11.4 Å². The third-order valence-corrected chi connectivity index (χ3v) is 2.97. The van der Waals surface area contributed by atoms with Crippen molar-refractivity contribution in [2.45, 2.75) is 6.92 Å². The van der Waals surface area contributed by atoms with Crippen molar-refractivity contribution in [1.82, 2.24) is 10.2 Å². The Labute approximate surface area is 110 Å². The first-order valence-corrected chi connectivity index (χ1v) is 5.67. The van der Waals surface area contributed by atoms with E-state index in [1.165, 1.54) is 0 Å². The number of ether oxygens (including phenoxy) is 1. The summed E-state index contributed by atoms with van der Waals surface area (Å²) in [4.78, 5) is 10.5. The number of nitrogens with zero attached hydrogens (tertiary/aromatic N) is 2. The number of aldehydes is 1. The molecule has 0 unspecified atom stereocenters. The minimum atomic E-state index is 0.288. The molecular weight excluding hydrogens is 252 g/mol. The third kappa shape index (κ3) is 2.33. The van der Waals surface area contributed by atoms with Crippen LogP contribution in [0.25, 0.3) is 11.3 Å². The molecule has 1 aromatic heterocycles. The Hall–Kier alpha value is -1.94. The Morgan fingerprint density at radius 1 is 1.28 bits per heavy atom. The first kappa shape index (κ1) is 12.5. The van der Waals surface area contributed by atoms with Gasteiger partial charge in [0.2, 0.25) is 0 Å². The van der Waals surface area contributed by atoms with E-state index in [9.17, 15) is 4.79 Å². The monoisotopic (exact) mass is 262 g/mol. The van der Waals surface area contributed by atoms with Gasteiger partial charge < -0.3 is 4.74 Å². The molecule has 0 spiro atoms.